The number of methoxy groups -OCH3 is 2. The first-order valence-corrected chi connectivity index (χ1v) is 17.5. The number of esters is 1. The lowest BCUT2D eigenvalue weighted by molar-refractivity contribution is -0.171. The lowest BCUT2D eigenvalue weighted by Crippen LogP contribution is -2.55. The van der Waals surface area contributed by atoms with Gasteiger partial charge in [-0.3, -0.25) is 9.59 Å². The number of benzene rings is 2. The van der Waals surface area contributed by atoms with Crippen molar-refractivity contribution < 1.29 is 42.8 Å². The molecule has 2 aliphatic rings. The highest BCUT2D eigenvalue weighted by atomic mass is 16.7. The molecule has 0 radical (unpaired) electrons. The third kappa shape index (κ3) is 10.0. The first-order chi connectivity index (χ1) is 23.9. The molecule has 2 amide bonds. The third-order valence-electron chi connectivity index (χ3n) is 9.40. The molecule has 2 aromatic rings. The molecule has 4 rings (SSSR count). The van der Waals surface area contributed by atoms with Crippen molar-refractivity contribution in [1.29, 1.82) is 0 Å². The summed E-state index contributed by atoms with van der Waals surface area (Å²) in [6, 6.07) is 13.6. The Labute approximate surface area is 296 Å². The van der Waals surface area contributed by atoms with Crippen molar-refractivity contribution in [3.05, 3.63) is 53.6 Å². The van der Waals surface area contributed by atoms with Crippen LogP contribution in [-0.4, -0.2) is 95.4 Å². The van der Waals surface area contributed by atoms with Crippen LogP contribution in [0.3, 0.4) is 0 Å². The maximum absolute atomic E-state index is 13.9. The summed E-state index contributed by atoms with van der Waals surface area (Å²) in [5.41, 5.74) is 2.25. The molecule has 276 valence electrons. The van der Waals surface area contributed by atoms with Gasteiger partial charge in [0.1, 0.15) is 18.1 Å². The van der Waals surface area contributed by atoms with Gasteiger partial charge in [0, 0.05) is 51.6 Å². The summed E-state index contributed by atoms with van der Waals surface area (Å²) >= 11 is 0. The van der Waals surface area contributed by atoms with Crippen LogP contribution in [0.5, 0.6) is 11.5 Å². The monoisotopic (exact) mass is 697 g/mol. The second-order valence-corrected chi connectivity index (χ2v) is 14.0. The van der Waals surface area contributed by atoms with Crippen LogP contribution < -0.4 is 19.7 Å². The van der Waals surface area contributed by atoms with Crippen LogP contribution in [-0.2, 0) is 35.1 Å². The summed E-state index contributed by atoms with van der Waals surface area (Å²) in [4.78, 5) is 43.0. The van der Waals surface area contributed by atoms with Crippen LogP contribution in [0.25, 0.3) is 0 Å². The predicted octanol–water partition coefficient (Wildman–Crippen LogP) is 5.52. The van der Waals surface area contributed by atoms with E-state index in [0.29, 0.717) is 32.7 Å². The highest BCUT2D eigenvalue weighted by Gasteiger charge is 2.44. The Morgan fingerprint density at radius 1 is 1.04 bits per heavy atom. The number of fused-ring (bicyclic) bond motifs is 1. The van der Waals surface area contributed by atoms with E-state index >= 15 is 0 Å². The Bertz CT molecular complexity index is 1430. The fourth-order valence-corrected chi connectivity index (χ4v) is 6.63. The Morgan fingerprint density at radius 3 is 2.44 bits per heavy atom. The smallest absolute Gasteiger partial charge is 0.413 e. The van der Waals surface area contributed by atoms with Gasteiger partial charge in [0.15, 0.2) is 0 Å². The SMILES string of the molecule is CNC(=O)C(C)(C)C[C@H]1C[C@H](c2ccc(OC)cc2)[C@@H](OCc2ccc3c(c2)N(CCCOC)CCO3)CN1C(=O)OC(C)OC(=O)C(C)C. The number of ether oxygens (including phenoxy) is 6. The van der Waals surface area contributed by atoms with Crippen LogP contribution in [0.15, 0.2) is 42.5 Å². The van der Waals surface area contributed by atoms with Gasteiger partial charge < -0.3 is 43.5 Å². The molecule has 1 unspecified atom stereocenters. The minimum atomic E-state index is -1.09. The Hall–Kier alpha value is -4.03. The standard InChI is InChI=1S/C38H55N3O9/c1-25(2)35(42)49-26(3)50-37(44)41-23-34(48-24-27-10-15-33-32(20-27)40(17-19-47-33)16-9-18-45-7)31(28-11-13-30(46-8)14-12-28)21-29(41)22-38(4,5)36(43)39-6/h10-15,20,25-26,29,31,34H,9,16-19,21-24H2,1-8H3,(H,39,43)/t26?,29-,31-,34+/m1/s1. The summed E-state index contributed by atoms with van der Waals surface area (Å²) in [6.07, 6.45) is -0.349. The summed E-state index contributed by atoms with van der Waals surface area (Å²) < 4.78 is 34.4. The van der Waals surface area contributed by atoms with Gasteiger partial charge in [-0.25, -0.2) is 4.79 Å². The van der Waals surface area contributed by atoms with Gasteiger partial charge in [0.2, 0.25) is 12.2 Å². The number of hydrogen-bond donors (Lipinski definition) is 1. The normalized spacial score (nSPS) is 19.7. The first-order valence-electron chi connectivity index (χ1n) is 17.5. The zero-order chi connectivity index (χ0) is 36.4. The number of carbonyl (C=O) groups is 3. The quantitative estimate of drug-likeness (QED) is 0.145. The average Bonchev–Trinajstić information content (AvgIpc) is 3.10. The van der Waals surface area contributed by atoms with E-state index < -0.39 is 29.9 Å². The molecule has 0 aliphatic carbocycles. The second kappa shape index (κ2) is 17.8. The Morgan fingerprint density at radius 2 is 1.78 bits per heavy atom. The molecule has 1 saturated heterocycles. The lowest BCUT2D eigenvalue weighted by atomic mass is 9.76. The molecule has 4 atom stereocenters. The van der Waals surface area contributed by atoms with E-state index in [9.17, 15) is 14.4 Å². The zero-order valence-electron chi connectivity index (χ0n) is 30.9. The fourth-order valence-electron chi connectivity index (χ4n) is 6.63. The van der Waals surface area contributed by atoms with E-state index in [-0.39, 0.29) is 30.3 Å². The van der Waals surface area contributed by atoms with Crippen LogP contribution in [0.2, 0.25) is 0 Å². The highest BCUT2D eigenvalue weighted by molar-refractivity contribution is 5.81. The van der Waals surface area contributed by atoms with E-state index in [2.05, 4.69) is 16.3 Å². The van der Waals surface area contributed by atoms with E-state index in [1.165, 1.54) is 6.92 Å². The highest BCUT2D eigenvalue weighted by Crippen LogP contribution is 2.40. The third-order valence-corrected chi connectivity index (χ3v) is 9.40. The molecule has 0 bridgehead atoms. The number of anilines is 1. The average molecular weight is 698 g/mol. The molecule has 50 heavy (non-hydrogen) atoms. The fraction of sp³-hybridized carbons (Fsp3) is 0.605. The largest absolute Gasteiger partial charge is 0.497 e. The molecule has 0 spiro atoms. The molecule has 2 heterocycles. The van der Waals surface area contributed by atoms with Crippen molar-refractivity contribution in [1.82, 2.24) is 10.2 Å². The number of hydrogen-bond acceptors (Lipinski definition) is 10. The summed E-state index contributed by atoms with van der Waals surface area (Å²) in [7, 11) is 4.95. The zero-order valence-corrected chi connectivity index (χ0v) is 30.9. The predicted molar refractivity (Wildman–Crippen MR) is 189 cm³/mol. The molecule has 12 nitrogen and oxygen atoms in total. The van der Waals surface area contributed by atoms with Gasteiger partial charge in [-0.15, -0.1) is 0 Å². The number of nitrogens with zero attached hydrogens (tertiary/aromatic N) is 2. The number of amides is 2. The summed E-state index contributed by atoms with van der Waals surface area (Å²) in [5.74, 6) is 0.502. The summed E-state index contributed by atoms with van der Waals surface area (Å²) in [6.45, 7) is 12.1. The maximum Gasteiger partial charge on any atom is 0.413 e. The van der Waals surface area contributed by atoms with Gasteiger partial charge in [-0.1, -0.05) is 45.9 Å². The number of likely N-dealkylation sites (tertiary alicyclic amines) is 1. The minimum Gasteiger partial charge on any atom is -0.497 e. The van der Waals surface area contributed by atoms with Gasteiger partial charge >= 0.3 is 12.1 Å². The maximum atomic E-state index is 13.9. The van der Waals surface area contributed by atoms with Crippen molar-refractivity contribution in [2.24, 2.45) is 11.3 Å². The Kier molecular flexibility index (Phi) is 13.8. The van der Waals surface area contributed by atoms with E-state index in [0.717, 1.165) is 47.8 Å². The van der Waals surface area contributed by atoms with Gasteiger partial charge in [-0.05, 0) is 54.7 Å². The van der Waals surface area contributed by atoms with Crippen molar-refractivity contribution in [3.8, 4) is 11.5 Å². The van der Waals surface area contributed by atoms with Gasteiger partial charge in [-0.2, -0.15) is 0 Å². The van der Waals surface area contributed by atoms with Gasteiger partial charge in [0.05, 0.1) is 44.5 Å². The van der Waals surface area contributed by atoms with Crippen LogP contribution in [0.4, 0.5) is 10.5 Å². The molecule has 0 aromatic heterocycles. The second-order valence-electron chi connectivity index (χ2n) is 14.0. The molecule has 2 aromatic carbocycles. The molecule has 1 N–H and O–H groups in total. The van der Waals surface area contributed by atoms with Crippen LogP contribution in [0.1, 0.15) is 70.9 Å². The van der Waals surface area contributed by atoms with Crippen LogP contribution >= 0.6 is 0 Å². The first kappa shape index (κ1) is 38.8. The molecule has 2 aliphatic heterocycles. The Balaban J connectivity index is 1.63. The molecular weight excluding hydrogens is 642 g/mol. The van der Waals surface area contributed by atoms with Crippen LogP contribution in [0, 0.1) is 11.3 Å². The number of rotatable bonds is 15. The number of nitrogens with one attached hydrogen (secondary N) is 1. The molecule has 0 saturated carbocycles. The molecule has 1 fully saturated rings. The van der Waals surface area contributed by atoms with Crippen molar-refractivity contribution in [2.75, 3.05) is 59.0 Å². The van der Waals surface area contributed by atoms with Crippen molar-refractivity contribution in [2.45, 2.75) is 84.8 Å². The van der Waals surface area contributed by atoms with E-state index in [1.807, 2.05) is 50.2 Å². The van der Waals surface area contributed by atoms with Crippen molar-refractivity contribution in [3.63, 3.8) is 0 Å². The van der Waals surface area contributed by atoms with Crippen molar-refractivity contribution >= 4 is 23.7 Å². The topological polar surface area (TPSA) is 125 Å². The van der Waals surface area contributed by atoms with E-state index in [4.69, 9.17) is 28.4 Å². The minimum absolute atomic E-state index is 0.113. The number of piperidine rings is 1. The molecule has 12 heteroatoms. The molecular formula is C38H55N3O9. The number of carbonyl (C=O) groups excluding carboxylic acids is 3. The lowest BCUT2D eigenvalue weighted by Gasteiger charge is -2.45. The summed E-state index contributed by atoms with van der Waals surface area (Å²) in [5, 5.41) is 2.76. The van der Waals surface area contributed by atoms with Gasteiger partial charge in [0.25, 0.3) is 0 Å². The van der Waals surface area contributed by atoms with E-state index in [1.54, 1.807) is 40.0 Å².